The predicted molar refractivity (Wildman–Crippen MR) is 76.6 cm³/mol. The van der Waals surface area contributed by atoms with E-state index < -0.39 is 0 Å². The molecule has 0 heterocycles. The number of hydrogen-bond donors (Lipinski definition) is 1. The highest BCUT2D eigenvalue weighted by Crippen LogP contribution is 2.29. The molecule has 0 fully saturated rings. The number of nitrogens with zero attached hydrogens (tertiary/aromatic N) is 1. The summed E-state index contributed by atoms with van der Waals surface area (Å²) in [6.07, 6.45) is 0. The van der Waals surface area contributed by atoms with Crippen LogP contribution in [0.2, 0.25) is 5.02 Å². The number of anilines is 1. The number of nitriles is 1. The molecule has 90 valence electrons. The third kappa shape index (κ3) is 2.98. The third-order valence-electron chi connectivity index (χ3n) is 2.50. The average molecular weight is 275 g/mol. The molecule has 0 aliphatic rings. The highest BCUT2D eigenvalue weighted by molar-refractivity contribution is 7.98. The molecule has 0 atom stereocenters. The van der Waals surface area contributed by atoms with Gasteiger partial charge in [0.25, 0.3) is 0 Å². The molecule has 0 saturated carbocycles. The van der Waals surface area contributed by atoms with E-state index in [0.717, 1.165) is 16.2 Å². The molecule has 4 heteroatoms. The Morgan fingerprint density at radius 2 is 2.00 bits per heavy atom. The van der Waals surface area contributed by atoms with Crippen LogP contribution in [0.5, 0.6) is 0 Å². The summed E-state index contributed by atoms with van der Waals surface area (Å²) >= 11 is 7.60. The largest absolute Gasteiger partial charge is 0.398 e. The summed E-state index contributed by atoms with van der Waals surface area (Å²) in [6.45, 7) is 0. The van der Waals surface area contributed by atoms with Crippen LogP contribution < -0.4 is 5.73 Å². The van der Waals surface area contributed by atoms with Gasteiger partial charge in [0.15, 0.2) is 0 Å². The van der Waals surface area contributed by atoms with Gasteiger partial charge in [-0.15, -0.1) is 11.8 Å². The quantitative estimate of drug-likeness (QED) is 0.677. The van der Waals surface area contributed by atoms with Gasteiger partial charge in [0.1, 0.15) is 0 Å². The molecule has 0 bridgehead atoms. The fourth-order valence-corrected chi connectivity index (χ4v) is 2.70. The van der Waals surface area contributed by atoms with E-state index in [4.69, 9.17) is 22.6 Å². The Hall–Kier alpha value is -1.63. The molecule has 2 aromatic rings. The molecule has 2 aromatic carbocycles. The Balaban J connectivity index is 2.12. The van der Waals surface area contributed by atoms with Gasteiger partial charge >= 0.3 is 0 Å². The van der Waals surface area contributed by atoms with Crippen LogP contribution in [0, 0.1) is 11.3 Å². The lowest BCUT2D eigenvalue weighted by Gasteiger charge is -2.05. The molecule has 18 heavy (non-hydrogen) atoms. The van der Waals surface area contributed by atoms with Crippen molar-refractivity contribution >= 4 is 29.1 Å². The fraction of sp³-hybridized carbons (Fsp3) is 0.0714. The van der Waals surface area contributed by atoms with Gasteiger partial charge in [-0.05, 0) is 29.8 Å². The molecule has 0 spiro atoms. The van der Waals surface area contributed by atoms with Gasteiger partial charge in [0, 0.05) is 10.6 Å². The molecule has 0 unspecified atom stereocenters. The van der Waals surface area contributed by atoms with Gasteiger partial charge in [0.05, 0.1) is 22.3 Å². The lowest BCUT2D eigenvalue weighted by molar-refractivity contribution is 1.34. The molecular weight excluding hydrogens is 264 g/mol. The van der Waals surface area contributed by atoms with E-state index in [1.54, 1.807) is 17.8 Å². The van der Waals surface area contributed by atoms with Crippen LogP contribution in [-0.2, 0) is 5.75 Å². The van der Waals surface area contributed by atoms with Crippen LogP contribution in [0.15, 0.2) is 47.4 Å². The Morgan fingerprint density at radius 1 is 1.22 bits per heavy atom. The summed E-state index contributed by atoms with van der Waals surface area (Å²) in [5, 5.41) is 9.56. The highest BCUT2D eigenvalue weighted by Gasteiger charge is 2.03. The zero-order valence-electron chi connectivity index (χ0n) is 9.56. The van der Waals surface area contributed by atoms with Crippen molar-refractivity contribution in [2.45, 2.75) is 10.6 Å². The molecule has 0 aliphatic carbocycles. The molecule has 0 aliphatic heterocycles. The molecule has 0 aromatic heterocycles. The first-order chi connectivity index (χ1) is 8.70. The second kappa shape index (κ2) is 5.81. The van der Waals surface area contributed by atoms with Crippen molar-refractivity contribution in [2.75, 3.05) is 5.73 Å². The molecule has 2 nitrogen and oxygen atoms in total. The molecule has 0 saturated heterocycles. The van der Waals surface area contributed by atoms with Gasteiger partial charge in [-0.3, -0.25) is 0 Å². The normalized spacial score (nSPS) is 10.0. The first-order valence-electron chi connectivity index (χ1n) is 5.36. The second-order valence-electron chi connectivity index (χ2n) is 3.74. The monoisotopic (exact) mass is 274 g/mol. The summed E-state index contributed by atoms with van der Waals surface area (Å²) in [5.41, 5.74) is 7.98. The van der Waals surface area contributed by atoms with Crippen molar-refractivity contribution in [3.8, 4) is 6.07 Å². The van der Waals surface area contributed by atoms with Crippen molar-refractivity contribution < 1.29 is 0 Å². The Labute approximate surface area is 115 Å². The summed E-state index contributed by atoms with van der Waals surface area (Å²) in [5.74, 6) is 0.740. The van der Waals surface area contributed by atoms with Crippen LogP contribution in [-0.4, -0.2) is 0 Å². The molecule has 0 amide bonds. The summed E-state index contributed by atoms with van der Waals surface area (Å²) in [6, 6.07) is 15.4. The number of thioether (sulfide) groups is 1. The number of nitrogen functional groups attached to an aromatic ring is 1. The van der Waals surface area contributed by atoms with Crippen molar-refractivity contribution in [3.05, 3.63) is 58.6 Å². The number of nitrogens with two attached hydrogens (primary N) is 1. The zero-order chi connectivity index (χ0) is 13.0. The highest BCUT2D eigenvalue weighted by atomic mass is 35.5. The van der Waals surface area contributed by atoms with E-state index >= 15 is 0 Å². The number of halogens is 1. The average Bonchev–Trinajstić information content (AvgIpc) is 2.40. The zero-order valence-corrected chi connectivity index (χ0v) is 11.1. The summed E-state index contributed by atoms with van der Waals surface area (Å²) < 4.78 is 0. The minimum Gasteiger partial charge on any atom is -0.398 e. The van der Waals surface area contributed by atoms with Crippen LogP contribution in [0.3, 0.4) is 0 Å². The van der Waals surface area contributed by atoms with E-state index in [9.17, 15) is 0 Å². The van der Waals surface area contributed by atoms with Gasteiger partial charge in [-0.25, -0.2) is 0 Å². The smallest absolute Gasteiger partial charge is 0.0994 e. The maximum absolute atomic E-state index is 9.00. The summed E-state index contributed by atoms with van der Waals surface area (Å²) in [7, 11) is 0. The minimum atomic E-state index is 0.563. The van der Waals surface area contributed by atoms with Crippen molar-refractivity contribution in [1.29, 1.82) is 5.26 Å². The Bertz CT molecular complexity index is 605. The standard InChI is InChI=1S/C14H11ClN2S/c15-13-7-12(5-6-14(13)17)18-9-11-4-2-1-3-10(11)8-16/h1-7H,9,17H2. The number of hydrogen-bond acceptors (Lipinski definition) is 3. The van der Waals surface area contributed by atoms with E-state index in [0.29, 0.717) is 16.3 Å². The Kier molecular flexibility index (Phi) is 4.14. The van der Waals surface area contributed by atoms with Crippen molar-refractivity contribution in [1.82, 2.24) is 0 Å². The maximum Gasteiger partial charge on any atom is 0.0994 e. The van der Waals surface area contributed by atoms with Crippen molar-refractivity contribution in [3.63, 3.8) is 0 Å². The van der Waals surface area contributed by atoms with Gasteiger partial charge in [-0.2, -0.15) is 5.26 Å². The van der Waals surface area contributed by atoms with E-state index in [1.165, 1.54) is 0 Å². The SMILES string of the molecule is N#Cc1ccccc1CSc1ccc(N)c(Cl)c1. The van der Waals surface area contributed by atoms with E-state index in [2.05, 4.69) is 6.07 Å². The van der Waals surface area contributed by atoms with E-state index in [-0.39, 0.29) is 0 Å². The lowest BCUT2D eigenvalue weighted by atomic mass is 10.1. The van der Waals surface area contributed by atoms with Gasteiger partial charge in [-0.1, -0.05) is 29.8 Å². The maximum atomic E-state index is 9.00. The second-order valence-corrected chi connectivity index (χ2v) is 5.20. The number of benzene rings is 2. The van der Waals surface area contributed by atoms with Gasteiger partial charge in [0.2, 0.25) is 0 Å². The topological polar surface area (TPSA) is 49.8 Å². The predicted octanol–water partition coefficient (Wildman–Crippen LogP) is 4.09. The van der Waals surface area contributed by atoms with Crippen molar-refractivity contribution in [2.24, 2.45) is 0 Å². The lowest BCUT2D eigenvalue weighted by Crippen LogP contribution is -1.88. The minimum absolute atomic E-state index is 0.563. The van der Waals surface area contributed by atoms with Crippen LogP contribution in [0.4, 0.5) is 5.69 Å². The molecule has 0 radical (unpaired) electrons. The first-order valence-corrected chi connectivity index (χ1v) is 6.73. The first kappa shape index (κ1) is 12.8. The van der Waals surface area contributed by atoms with Crippen LogP contribution in [0.1, 0.15) is 11.1 Å². The Morgan fingerprint density at radius 3 is 2.72 bits per heavy atom. The third-order valence-corrected chi connectivity index (χ3v) is 3.87. The molecule has 2 rings (SSSR count). The van der Waals surface area contributed by atoms with E-state index in [1.807, 2.05) is 36.4 Å². The van der Waals surface area contributed by atoms with Gasteiger partial charge < -0.3 is 5.73 Å². The molecular formula is C14H11ClN2S. The summed E-state index contributed by atoms with van der Waals surface area (Å²) in [4.78, 5) is 1.04. The molecule has 2 N–H and O–H groups in total. The van der Waals surface area contributed by atoms with Crippen LogP contribution in [0.25, 0.3) is 0 Å². The number of rotatable bonds is 3. The fourth-order valence-electron chi connectivity index (χ4n) is 1.51. The van der Waals surface area contributed by atoms with Crippen LogP contribution >= 0.6 is 23.4 Å².